The van der Waals surface area contributed by atoms with E-state index in [-0.39, 0.29) is 10.2 Å². The topological polar surface area (TPSA) is 30.5 Å². The Kier molecular flexibility index (Phi) is 7.35. The Morgan fingerprint density at radius 3 is 2.29 bits per heavy atom. The predicted octanol–water partition coefficient (Wildman–Crippen LogP) is 2.10. The van der Waals surface area contributed by atoms with Gasteiger partial charge in [-0.1, -0.05) is 0 Å². The molecule has 120 valence electrons. The van der Waals surface area contributed by atoms with Crippen LogP contribution in [0, 0.1) is 0 Å². The van der Waals surface area contributed by atoms with E-state index >= 15 is 0 Å². The van der Waals surface area contributed by atoms with Crippen LogP contribution in [0.5, 0.6) is 11.5 Å². The molecule has 7 heteroatoms. The summed E-state index contributed by atoms with van der Waals surface area (Å²) in [4.78, 5) is 0. The van der Waals surface area contributed by atoms with Gasteiger partial charge >= 0.3 is 129 Å². The fraction of sp³-hybridized carbons (Fsp3) is 0.571. The number of benzene rings is 1. The maximum absolute atomic E-state index is 12.6. The zero-order valence-corrected chi connectivity index (χ0v) is 14.1. The number of halogens is 3. The van der Waals surface area contributed by atoms with E-state index in [0.717, 1.165) is 25.1 Å². The average molecular weight is 370 g/mol. The molecule has 0 fully saturated rings. The van der Waals surface area contributed by atoms with Crippen LogP contribution in [-0.4, -0.2) is 47.3 Å². The zero-order valence-electron chi connectivity index (χ0n) is 12.3. The summed E-state index contributed by atoms with van der Waals surface area (Å²) in [6, 6.07) is 3.09. The molecule has 0 amide bonds. The Hall–Kier alpha value is -0.911. The van der Waals surface area contributed by atoms with E-state index in [9.17, 15) is 13.2 Å². The van der Waals surface area contributed by atoms with Crippen molar-refractivity contribution in [3.8, 4) is 11.5 Å². The van der Waals surface area contributed by atoms with Crippen LogP contribution < -0.4 is 19.3 Å². The molecule has 0 saturated heterocycles. The van der Waals surface area contributed by atoms with Gasteiger partial charge in [0.25, 0.3) is 0 Å². The fourth-order valence-corrected chi connectivity index (χ4v) is 3.24. The molecule has 1 N–H and O–H groups in total. The van der Waals surface area contributed by atoms with Crippen molar-refractivity contribution in [1.29, 1.82) is 0 Å². The molecule has 0 spiro atoms. The van der Waals surface area contributed by atoms with Crippen LogP contribution >= 0.6 is 0 Å². The van der Waals surface area contributed by atoms with Gasteiger partial charge in [0, 0.05) is 0 Å². The molecule has 1 aromatic carbocycles. The van der Waals surface area contributed by atoms with Crippen molar-refractivity contribution in [2.24, 2.45) is 0 Å². The quantitative estimate of drug-likeness (QED) is 0.562. The zero-order chi connectivity index (χ0) is 15.9. The molecule has 1 rings (SSSR count). The second kappa shape index (κ2) is 8.51. The molecule has 3 nitrogen and oxygen atoms in total. The number of rotatable bonds is 8. The van der Waals surface area contributed by atoms with Crippen LogP contribution in [0.1, 0.15) is 18.9 Å². The van der Waals surface area contributed by atoms with Gasteiger partial charge in [0.05, 0.1) is 0 Å². The second-order valence-corrected chi connectivity index (χ2v) is 6.68. The Morgan fingerprint density at radius 2 is 1.76 bits per heavy atom. The van der Waals surface area contributed by atoms with Gasteiger partial charge in [-0.25, -0.2) is 0 Å². The molecular weight excluding hydrogens is 350 g/mol. The summed E-state index contributed by atoms with van der Waals surface area (Å²) in [7, 11) is 2.85. The van der Waals surface area contributed by atoms with Crippen molar-refractivity contribution in [3.63, 3.8) is 0 Å². The number of alkyl halides is 3. The fourth-order valence-electron chi connectivity index (χ4n) is 1.86. The van der Waals surface area contributed by atoms with Gasteiger partial charge in [-0.05, 0) is 0 Å². The monoisotopic (exact) mass is 371 g/mol. The van der Waals surface area contributed by atoms with E-state index in [1.165, 1.54) is 20.3 Å². The molecule has 0 aliphatic rings. The van der Waals surface area contributed by atoms with Crippen molar-refractivity contribution in [1.82, 2.24) is 5.32 Å². The number of methoxy groups -OCH3 is 2. The Labute approximate surface area is 129 Å². The van der Waals surface area contributed by atoms with Gasteiger partial charge in [0.15, 0.2) is 0 Å². The molecule has 0 aliphatic carbocycles. The first kappa shape index (κ1) is 18.1. The van der Waals surface area contributed by atoms with Crippen LogP contribution in [0.3, 0.4) is 0 Å². The maximum atomic E-state index is 12.6. The Balaban J connectivity index is 2.94. The van der Waals surface area contributed by atoms with Crippen molar-refractivity contribution in [2.45, 2.75) is 24.8 Å². The summed E-state index contributed by atoms with van der Waals surface area (Å²) in [5, 5.41) is -0.960. The SMILES string of the molecule is CCCNCCc1cc(OC)c([Se]C(F)(F)F)cc1OC. The number of hydrogen-bond donors (Lipinski definition) is 1. The molecule has 0 aromatic heterocycles. The third-order valence-corrected chi connectivity index (χ3v) is 4.41. The van der Waals surface area contributed by atoms with Crippen LogP contribution in [-0.2, 0) is 6.42 Å². The van der Waals surface area contributed by atoms with Crippen molar-refractivity contribution < 1.29 is 22.6 Å². The van der Waals surface area contributed by atoms with Crippen LogP contribution in [0.2, 0.25) is 0 Å². The molecule has 21 heavy (non-hydrogen) atoms. The van der Waals surface area contributed by atoms with E-state index in [0.29, 0.717) is 12.2 Å². The van der Waals surface area contributed by atoms with Gasteiger partial charge < -0.3 is 0 Å². The van der Waals surface area contributed by atoms with E-state index in [4.69, 9.17) is 9.47 Å². The predicted molar refractivity (Wildman–Crippen MR) is 77.9 cm³/mol. The molecular formula is C14H20F3NO2Se. The molecule has 0 unspecified atom stereocenters. The number of nitrogens with one attached hydrogen (secondary N) is 1. The van der Waals surface area contributed by atoms with E-state index < -0.39 is 20.0 Å². The number of ether oxygens (including phenoxy) is 2. The van der Waals surface area contributed by atoms with Crippen molar-refractivity contribution in [2.75, 3.05) is 27.3 Å². The van der Waals surface area contributed by atoms with Gasteiger partial charge in [-0.2, -0.15) is 0 Å². The van der Waals surface area contributed by atoms with Gasteiger partial charge in [-0.3, -0.25) is 0 Å². The van der Waals surface area contributed by atoms with E-state index in [1.54, 1.807) is 6.07 Å². The summed E-state index contributed by atoms with van der Waals surface area (Å²) in [6.07, 6.45) is 1.71. The first-order chi connectivity index (χ1) is 9.91. The first-order valence-corrected chi connectivity index (χ1v) is 8.34. The van der Waals surface area contributed by atoms with Gasteiger partial charge in [-0.15, -0.1) is 0 Å². The molecule has 0 saturated carbocycles. The van der Waals surface area contributed by atoms with E-state index in [2.05, 4.69) is 12.2 Å². The van der Waals surface area contributed by atoms with Crippen LogP contribution in [0.25, 0.3) is 0 Å². The molecule has 1 aromatic rings. The van der Waals surface area contributed by atoms with Gasteiger partial charge in [0.2, 0.25) is 0 Å². The van der Waals surface area contributed by atoms with Crippen molar-refractivity contribution in [3.05, 3.63) is 17.7 Å². The second-order valence-electron chi connectivity index (χ2n) is 4.36. The Bertz CT molecular complexity index is 453. The minimum atomic E-state index is -4.21. The number of hydrogen-bond acceptors (Lipinski definition) is 3. The Morgan fingerprint density at radius 1 is 1.10 bits per heavy atom. The summed E-state index contributed by atoms with van der Waals surface area (Å²) in [5.41, 5.74) is 0.847. The van der Waals surface area contributed by atoms with Crippen LogP contribution in [0.4, 0.5) is 13.2 Å². The normalized spacial score (nSPS) is 11.5. The van der Waals surface area contributed by atoms with Crippen molar-refractivity contribution >= 4 is 19.4 Å². The van der Waals surface area contributed by atoms with E-state index in [1.807, 2.05) is 0 Å². The molecule has 0 radical (unpaired) electrons. The molecule has 0 heterocycles. The average Bonchev–Trinajstić information content (AvgIpc) is 2.42. The summed E-state index contributed by atoms with van der Waals surface area (Å²) >= 11 is -1.65. The first-order valence-electron chi connectivity index (χ1n) is 6.62. The molecule has 0 aliphatic heterocycles. The third kappa shape index (κ3) is 6.16. The van der Waals surface area contributed by atoms with Gasteiger partial charge in [0.1, 0.15) is 0 Å². The summed E-state index contributed by atoms with van der Waals surface area (Å²) < 4.78 is 48.3. The molecule has 0 atom stereocenters. The third-order valence-electron chi connectivity index (χ3n) is 2.79. The standard InChI is InChI=1S/C14H20F3NO2Se/c1-4-6-18-7-5-10-8-12(20-3)13(9-11(10)19-2)21-14(15,16)17/h8-9,18H,4-7H2,1-3H3. The van der Waals surface area contributed by atoms with Crippen LogP contribution in [0.15, 0.2) is 12.1 Å². The summed E-state index contributed by atoms with van der Waals surface area (Å²) in [5.74, 6) is 0.758. The molecule has 0 bridgehead atoms. The summed E-state index contributed by atoms with van der Waals surface area (Å²) in [6.45, 7) is 3.73. The minimum absolute atomic E-state index is 0.152.